The number of carbonyl (C=O) groups excluding carboxylic acids is 2. The Morgan fingerprint density at radius 3 is 2.88 bits per heavy atom. The highest BCUT2D eigenvalue weighted by atomic mass is 16.2. The van der Waals surface area contributed by atoms with Crippen LogP contribution in [0.4, 0.5) is 0 Å². The van der Waals surface area contributed by atoms with Crippen LogP contribution in [0.2, 0.25) is 0 Å². The fourth-order valence-electron chi connectivity index (χ4n) is 4.41. The second kappa shape index (κ2) is 7.84. The summed E-state index contributed by atoms with van der Waals surface area (Å²) in [4.78, 5) is 30.4. The Bertz CT molecular complexity index is 684. The molecule has 0 saturated carbocycles. The summed E-state index contributed by atoms with van der Waals surface area (Å²) in [5, 5.41) is 5.89. The smallest absolute Gasteiger partial charge is 0.243 e. The summed E-state index contributed by atoms with van der Waals surface area (Å²) >= 11 is 0. The zero-order valence-electron chi connectivity index (χ0n) is 15.3. The number of aryl methyl sites for hydroxylation is 1. The first-order valence-corrected chi connectivity index (χ1v) is 9.95. The number of nitrogens with one attached hydrogen (secondary N) is 2. The molecule has 0 aromatic carbocycles. The largest absolute Gasteiger partial charge is 0.316 e. The molecule has 26 heavy (non-hydrogen) atoms. The van der Waals surface area contributed by atoms with Gasteiger partial charge in [-0.05, 0) is 62.7 Å². The van der Waals surface area contributed by atoms with Gasteiger partial charge in [-0.2, -0.15) is 0 Å². The normalized spacial score (nSPS) is 26.2. The van der Waals surface area contributed by atoms with Gasteiger partial charge in [-0.25, -0.2) is 0 Å². The lowest BCUT2D eigenvalue weighted by atomic mass is 10.00. The van der Waals surface area contributed by atoms with Crippen LogP contribution in [-0.2, 0) is 29.1 Å². The summed E-state index contributed by atoms with van der Waals surface area (Å²) in [5.41, 5.74) is 3.49. The van der Waals surface area contributed by atoms with Gasteiger partial charge >= 0.3 is 0 Å². The summed E-state index contributed by atoms with van der Waals surface area (Å²) in [6.45, 7) is 3.83. The van der Waals surface area contributed by atoms with Crippen molar-refractivity contribution in [3.05, 3.63) is 29.1 Å². The molecule has 4 heterocycles. The molecule has 6 nitrogen and oxygen atoms in total. The monoisotopic (exact) mass is 356 g/mol. The van der Waals surface area contributed by atoms with Crippen LogP contribution < -0.4 is 10.6 Å². The fraction of sp³-hybridized carbons (Fsp3) is 0.650. The summed E-state index contributed by atoms with van der Waals surface area (Å²) in [6.07, 6.45) is 7.19. The Hall–Kier alpha value is -1.79. The lowest BCUT2D eigenvalue weighted by molar-refractivity contribution is -0.137. The first kappa shape index (κ1) is 17.6. The molecule has 3 aliphatic heterocycles. The number of imide groups is 1. The number of aromatic nitrogens is 1. The van der Waals surface area contributed by atoms with Crippen molar-refractivity contribution in [1.29, 1.82) is 0 Å². The van der Waals surface area contributed by atoms with Crippen LogP contribution in [0.5, 0.6) is 0 Å². The highest BCUT2D eigenvalue weighted by Gasteiger charge is 2.35. The molecular formula is C20H28N4O2. The molecule has 6 heteroatoms. The van der Waals surface area contributed by atoms with Crippen LogP contribution in [-0.4, -0.2) is 40.8 Å². The molecule has 3 aliphatic rings. The van der Waals surface area contributed by atoms with Gasteiger partial charge in [0.2, 0.25) is 11.8 Å². The second-order valence-electron chi connectivity index (χ2n) is 7.88. The van der Waals surface area contributed by atoms with E-state index < -0.39 is 0 Å². The quantitative estimate of drug-likeness (QED) is 0.597. The van der Waals surface area contributed by atoms with E-state index in [1.165, 1.54) is 50.0 Å². The average Bonchev–Trinajstić information content (AvgIpc) is 3.27. The molecule has 2 unspecified atom stereocenters. The van der Waals surface area contributed by atoms with E-state index in [9.17, 15) is 9.59 Å². The van der Waals surface area contributed by atoms with Crippen LogP contribution >= 0.6 is 0 Å². The molecule has 0 aliphatic carbocycles. The van der Waals surface area contributed by atoms with E-state index in [2.05, 4.69) is 27.7 Å². The van der Waals surface area contributed by atoms with Crippen LogP contribution in [0, 0.1) is 5.92 Å². The zero-order chi connectivity index (χ0) is 17.9. The van der Waals surface area contributed by atoms with Gasteiger partial charge in [0.05, 0.1) is 11.7 Å². The van der Waals surface area contributed by atoms with E-state index in [0.29, 0.717) is 19.4 Å². The SMILES string of the molecule is O=C1CCC(N2Cc3ccc(CCCCC4CCNC4)nc3C2)C(=O)N1. The molecule has 140 valence electrons. The third kappa shape index (κ3) is 3.96. The number of amides is 2. The topological polar surface area (TPSA) is 74.3 Å². The van der Waals surface area contributed by atoms with Crippen molar-refractivity contribution in [2.75, 3.05) is 13.1 Å². The van der Waals surface area contributed by atoms with Crippen LogP contribution in [0.15, 0.2) is 12.1 Å². The predicted octanol–water partition coefficient (Wildman–Crippen LogP) is 1.52. The van der Waals surface area contributed by atoms with Gasteiger partial charge in [-0.15, -0.1) is 0 Å². The van der Waals surface area contributed by atoms with Crippen LogP contribution in [0.3, 0.4) is 0 Å². The van der Waals surface area contributed by atoms with E-state index >= 15 is 0 Å². The number of unbranched alkanes of at least 4 members (excludes halogenated alkanes) is 1. The molecule has 0 spiro atoms. The number of rotatable bonds is 6. The molecule has 4 rings (SSSR count). The van der Waals surface area contributed by atoms with Gasteiger partial charge < -0.3 is 5.32 Å². The lowest BCUT2D eigenvalue weighted by Gasteiger charge is -2.28. The van der Waals surface area contributed by atoms with Crippen molar-refractivity contribution in [2.45, 2.75) is 64.1 Å². The zero-order valence-corrected chi connectivity index (χ0v) is 15.3. The number of pyridine rings is 1. The molecule has 1 aromatic rings. The van der Waals surface area contributed by atoms with Gasteiger partial charge in [0.1, 0.15) is 0 Å². The second-order valence-corrected chi connectivity index (χ2v) is 7.88. The first-order valence-electron chi connectivity index (χ1n) is 9.95. The number of piperidine rings is 1. The molecule has 2 amide bonds. The average molecular weight is 356 g/mol. The van der Waals surface area contributed by atoms with Crippen molar-refractivity contribution in [2.24, 2.45) is 5.92 Å². The fourth-order valence-corrected chi connectivity index (χ4v) is 4.41. The van der Waals surface area contributed by atoms with Gasteiger partial charge in [0.25, 0.3) is 0 Å². The van der Waals surface area contributed by atoms with Crippen molar-refractivity contribution >= 4 is 11.8 Å². The molecule has 0 radical (unpaired) electrons. The van der Waals surface area contributed by atoms with E-state index in [1.54, 1.807) is 0 Å². The van der Waals surface area contributed by atoms with Gasteiger partial charge in [0.15, 0.2) is 0 Å². The summed E-state index contributed by atoms with van der Waals surface area (Å²) in [5.74, 6) is 0.553. The van der Waals surface area contributed by atoms with Crippen molar-refractivity contribution in [3.63, 3.8) is 0 Å². The maximum atomic E-state index is 12.1. The third-order valence-corrected chi connectivity index (χ3v) is 5.96. The van der Waals surface area contributed by atoms with E-state index in [4.69, 9.17) is 4.98 Å². The highest BCUT2D eigenvalue weighted by Crippen LogP contribution is 2.26. The highest BCUT2D eigenvalue weighted by molar-refractivity contribution is 6.00. The van der Waals surface area contributed by atoms with E-state index in [1.807, 2.05) is 0 Å². The summed E-state index contributed by atoms with van der Waals surface area (Å²) in [7, 11) is 0. The minimum Gasteiger partial charge on any atom is -0.316 e. The van der Waals surface area contributed by atoms with E-state index in [-0.39, 0.29) is 17.9 Å². The Morgan fingerprint density at radius 2 is 2.08 bits per heavy atom. The van der Waals surface area contributed by atoms with Crippen molar-refractivity contribution in [1.82, 2.24) is 20.5 Å². The first-order chi connectivity index (χ1) is 12.7. The minimum absolute atomic E-state index is 0.156. The summed E-state index contributed by atoms with van der Waals surface area (Å²) in [6, 6.07) is 4.11. The van der Waals surface area contributed by atoms with Crippen LogP contribution in [0.25, 0.3) is 0 Å². The van der Waals surface area contributed by atoms with Gasteiger partial charge in [-0.3, -0.25) is 24.8 Å². The Morgan fingerprint density at radius 1 is 1.15 bits per heavy atom. The van der Waals surface area contributed by atoms with Gasteiger partial charge in [0, 0.05) is 25.2 Å². The number of hydrogen-bond donors (Lipinski definition) is 2. The number of carbonyl (C=O) groups is 2. The Labute approximate surface area is 154 Å². The number of fused-ring (bicyclic) bond motifs is 1. The van der Waals surface area contributed by atoms with Gasteiger partial charge in [-0.1, -0.05) is 12.5 Å². The molecule has 1 aromatic heterocycles. The number of hydrogen-bond acceptors (Lipinski definition) is 5. The van der Waals surface area contributed by atoms with Crippen molar-refractivity contribution < 1.29 is 9.59 Å². The lowest BCUT2D eigenvalue weighted by Crippen LogP contribution is -2.50. The molecular weight excluding hydrogens is 328 g/mol. The number of nitrogens with zero attached hydrogens (tertiary/aromatic N) is 2. The standard InChI is InChI=1S/C20H28N4O2/c25-19-8-7-18(20(26)23-19)24-12-15-5-6-16(22-17(15)13-24)4-2-1-3-14-9-10-21-11-14/h5-6,14,18,21H,1-4,7-13H2,(H,23,25,26). The molecule has 2 atom stereocenters. The Kier molecular flexibility index (Phi) is 5.31. The molecule has 2 saturated heterocycles. The predicted molar refractivity (Wildman–Crippen MR) is 98.2 cm³/mol. The van der Waals surface area contributed by atoms with Crippen molar-refractivity contribution in [3.8, 4) is 0 Å². The minimum atomic E-state index is -0.203. The maximum absolute atomic E-state index is 12.1. The third-order valence-electron chi connectivity index (χ3n) is 5.96. The summed E-state index contributed by atoms with van der Waals surface area (Å²) < 4.78 is 0. The molecule has 2 N–H and O–H groups in total. The molecule has 0 bridgehead atoms. The van der Waals surface area contributed by atoms with Crippen LogP contribution in [0.1, 0.15) is 55.5 Å². The maximum Gasteiger partial charge on any atom is 0.243 e. The molecule has 2 fully saturated rings. The van der Waals surface area contributed by atoms with E-state index in [0.717, 1.165) is 24.6 Å². The Balaban J connectivity index is 1.28.